The predicted octanol–water partition coefficient (Wildman–Crippen LogP) is 7.97. The van der Waals surface area contributed by atoms with Crippen molar-refractivity contribution in [2.24, 2.45) is 0 Å². The van der Waals surface area contributed by atoms with Crippen LogP contribution >= 0.6 is 23.2 Å². The molecule has 1 N–H and O–H groups in total. The molecule has 0 radical (unpaired) electrons. The van der Waals surface area contributed by atoms with E-state index in [9.17, 15) is 4.79 Å². The maximum atomic E-state index is 13.9. The van der Waals surface area contributed by atoms with Gasteiger partial charge >= 0.3 is 0 Å². The quantitative estimate of drug-likeness (QED) is 0.267. The Labute approximate surface area is 213 Å². The molecule has 6 rings (SSSR count). The Morgan fingerprint density at radius 3 is 2.34 bits per heavy atom. The number of hydrogen-bond donors (Lipinski definition) is 1. The van der Waals surface area contributed by atoms with Crippen molar-refractivity contribution in [2.45, 2.75) is 25.8 Å². The Balaban J connectivity index is 1.62. The van der Waals surface area contributed by atoms with Crippen molar-refractivity contribution in [1.29, 1.82) is 0 Å². The van der Waals surface area contributed by atoms with Gasteiger partial charge in [-0.15, -0.1) is 0 Å². The number of anilines is 1. The van der Waals surface area contributed by atoms with Crippen LogP contribution in [0, 0.1) is 0 Å². The van der Waals surface area contributed by atoms with E-state index in [4.69, 9.17) is 23.2 Å². The first-order chi connectivity index (χ1) is 17.1. The van der Waals surface area contributed by atoms with E-state index in [0.29, 0.717) is 21.4 Å². The Morgan fingerprint density at radius 2 is 1.57 bits per heavy atom. The second-order valence-corrected chi connectivity index (χ2v) is 9.67. The highest BCUT2D eigenvalue weighted by molar-refractivity contribution is 6.34. The zero-order valence-corrected chi connectivity index (χ0v) is 20.5. The molecule has 0 saturated carbocycles. The Bertz CT molecular complexity index is 1550. The second-order valence-electron chi connectivity index (χ2n) is 8.83. The summed E-state index contributed by atoms with van der Waals surface area (Å²) >= 11 is 12.6. The van der Waals surface area contributed by atoms with Crippen LogP contribution in [-0.4, -0.2) is 14.9 Å². The van der Waals surface area contributed by atoms with Gasteiger partial charge in [-0.25, -0.2) is 0 Å². The van der Waals surface area contributed by atoms with E-state index in [1.165, 1.54) is 5.56 Å². The first-order valence-electron chi connectivity index (χ1n) is 11.8. The minimum absolute atomic E-state index is 0.193. The summed E-state index contributed by atoms with van der Waals surface area (Å²) in [6, 6.07) is 25.4. The molecule has 35 heavy (non-hydrogen) atoms. The lowest BCUT2D eigenvalue weighted by atomic mass is 9.97. The number of carbonyl (C=O) groups is 1. The molecule has 2 aromatic heterocycles. The van der Waals surface area contributed by atoms with Crippen LogP contribution in [0.2, 0.25) is 10.0 Å². The van der Waals surface area contributed by atoms with Crippen LogP contribution in [0.1, 0.15) is 28.9 Å². The maximum Gasteiger partial charge on any atom is 0.273 e. The van der Waals surface area contributed by atoms with E-state index in [1.54, 1.807) is 6.07 Å². The van der Waals surface area contributed by atoms with Crippen LogP contribution in [0.3, 0.4) is 0 Å². The number of aromatic nitrogens is 2. The number of halogens is 2. The lowest BCUT2D eigenvalue weighted by Crippen LogP contribution is -2.15. The maximum absolute atomic E-state index is 13.9. The van der Waals surface area contributed by atoms with Crippen molar-refractivity contribution in [2.75, 3.05) is 5.32 Å². The molecule has 4 nitrogen and oxygen atoms in total. The number of carbonyl (C=O) groups excluding carboxylic acids is 1. The summed E-state index contributed by atoms with van der Waals surface area (Å²) in [6.45, 7) is 0.906. The molecule has 0 unspecified atom stereocenters. The monoisotopic (exact) mass is 499 g/mol. The van der Waals surface area contributed by atoms with E-state index in [0.717, 1.165) is 53.8 Å². The Kier molecular flexibility index (Phi) is 5.63. The number of nitrogens with zero attached hydrogens (tertiary/aromatic N) is 2. The number of amides is 1. The molecular weight excluding hydrogens is 477 g/mol. The molecule has 6 heteroatoms. The topological polar surface area (TPSA) is 38.4 Å². The summed E-state index contributed by atoms with van der Waals surface area (Å²) < 4.78 is 4.43. The first kappa shape index (κ1) is 22.0. The van der Waals surface area contributed by atoms with Gasteiger partial charge in [0.15, 0.2) is 0 Å². The van der Waals surface area contributed by atoms with E-state index >= 15 is 0 Å². The van der Waals surface area contributed by atoms with E-state index in [2.05, 4.69) is 32.6 Å². The number of aryl methyl sites for hydroxylation is 2. The molecule has 174 valence electrons. The van der Waals surface area contributed by atoms with E-state index < -0.39 is 0 Å². The molecule has 0 saturated heterocycles. The summed E-state index contributed by atoms with van der Waals surface area (Å²) in [6.07, 6.45) is 5.14. The number of nitrogens with one attached hydrogen (secondary N) is 1. The van der Waals surface area contributed by atoms with Crippen molar-refractivity contribution in [3.05, 3.63) is 106 Å². The number of para-hydroxylation sites is 1. The normalized spacial score (nSPS) is 13.1. The standard InChI is InChI=1S/C29H23Cl2N3O/c30-21-15-13-20(14-16-21)26-22-10-6-7-17-33-25(19-8-2-1-3-9-19)18-34(29(22)33)27(26)28(35)32-24-12-5-4-11-23(24)31/h1-5,8-9,11-16,18H,6-7,10,17H2,(H,32,35). The number of rotatable bonds is 4. The first-order valence-corrected chi connectivity index (χ1v) is 12.5. The molecule has 1 aliphatic rings. The smallest absolute Gasteiger partial charge is 0.273 e. The average Bonchev–Trinajstić information content (AvgIpc) is 3.29. The Morgan fingerprint density at radius 1 is 0.829 bits per heavy atom. The molecule has 3 aromatic carbocycles. The van der Waals surface area contributed by atoms with Gasteiger partial charge in [-0.3, -0.25) is 9.20 Å². The van der Waals surface area contributed by atoms with Gasteiger partial charge in [0.1, 0.15) is 11.3 Å². The fraction of sp³-hybridized carbons (Fsp3) is 0.138. The van der Waals surface area contributed by atoms with Gasteiger partial charge in [0.25, 0.3) is 5.91 Å². The molecule has 0 atom stereocenters. The lowest BCUT2D eigenvalue weighted by Gasteiger charge is -2.11. The summed E-state index contributed by atoms with van der Waals surface area (Å²) in [5, 5.41) is 4.23. The predicted molar refractivity (Wildman–Crippen MR) is 144 cm³/mol. The molecule has 0 aliphatic carbocycles. The second kappa shape index (κ2) is 8.95. The van der Waals surface area contributed by atoms with Gasteiger partial charge in [0.2, 0.25) is 0 Å². The molecule has 1 aliphatic heterocycles. The van der Waals surface area contributed by atoms with Gasteiger partial charge in [-0.1, -0.05) is 77.8 Å². The van der Waals surface area contributed by atoms with E-state index in [-0.39, 0.29) is 5.91 Å². The number of benzene rings is 3. The summed E-state index contributed by atoms with van der Waals surface area (Å²) in [5.41, 5.74) is 7.64. The van der Waals surface area contributed by atoms with Crippen LogP contribution in [-0.2, 0) is 13.0 Å². The van der Waals surface area contributed by atoms with Crippen LogP contribution in [0.15, 0.2) is 85.1 Å². The van der Waals surface area contributed by atoms with E-state index in [1.807, 2.05) is 60.7 Å². The Hall–Kier alpha value is -3.47. The molecule has 0 spiro atoms. The fourth-order valence-electron chi connectivity index (χ4n) is 5.12. The number of imidazole rings is 1. The molecule has 3 heterocycles. The van der Waals surface area contributed by atoms with Crippen LogP contribution in [0.5, 0.6) is 0 Å². The van der Waals surface area contributed by atoms with Crippen LogP contribution in [0.4, 0.5) is 5.69 Å². The summed E-state index contributed by atoms with van der Waals surface area (Å²) in [4.78, 5) is 13.9. The average molecular weight is 500 g/mol. The van der Waals surface area contributed by atoms with Crippen molar-refractivity contribution >= 4 is 40.4 Å². The van der Waals surface area contributed by atoms with Crippen molar-refractivity contribution < 1.29 is 4.79 Å². The van der Waals surface area contributed by atoms with Crippen molar-refractivity contribution in [1.82, 2.24) is 8.97 Å². The fourth-order valence-corrected chi connectivity index (χ4v) is 5.43. The van der Waals surface area contributed by atoms with Crippen LogP contribution < -0.4 is 5.32 Å². The third-order valence-corrected chi connectivity index (χ3v) is 7.26. The third kappa shape index (κ3) is 3.83. The van der Waals surface area contributed by atoms with Gasteiger partial charge in [-0.2, -0.15) is 0 Å². The zero-order chi connectivity index (χ0) is 23.9. The minimum atomic E-state index is -0.193. The van der Waals surface area contributed by atoms with Gasteiger partial charge in [0.05, 0.1) is 16.4 Å². The molecule has 5 aromatic rings. The van der Waals surface area contributed by atoms with Gasteiger partial charge < -0.3 is 9.88 Å². The molecule has 1 amide bonds. The highest BCUT2D eigenvalue weighted by atomic mass is 35.5. The lowest BCUT2D eigenvalue weighted by molar-refractivity contribution is 0.102. The molecular formula is C29H23Cl2N3O. The van der Waals surface area contributed by atoms with Gasteiger partial charge in [-0.05, 0) is 54.7 Å². The number of hydrogen-bond acceptors (Lipinski definition) is 1. The zero-order valence-electron chi connectivity index (χ0n) is 19.0. The SMILES string of the molecule is O=C(Nc1ccccc1Cl)c1c(-c2ccc(Cl)cc2)c2c3n(c(-c4ccccc4)cn13)CCCC2. The molecule has 0 bridgehead atoms. The summed E-state index contributed by atoms with van der Waals surface area (Å²) in [7, 11) is 0. The highest BCUT2D eigenvalue weighted by Crippen LogP contribution is 2.40. The minimum Gasteiger partial charge on any atom is -0.325 e. The van der Waals surface area contributed by atoms with Gasteiger partial charge in [0, 0.05) is 28.9 Å². The molecule has 0 fully saturated rings. The third-order valence-electron chi connectivity index (χ3n) is 6.67. The van der Waals surface area contributed by atoms with Crippen LogP contribution in [0.25, 0.3) is 28.0 Å². The highest BCUT2D eigenvalue weighted by Gasteiger charge is 2.29. The van der Waals surface area contributed by atoms with Crippen molar-refractivity contribution in [3.63, 3.8) is 0 Å². The largest absolute Gasteiger partial charge is 0.325 e. The summed E-state index contributed by atoms with van der Waals surface area (Å²) in [5.74, 6) is -0.193. The van der Waals surface area contributed by atoms with Crippen molar-refractivity contribution in [3.8, 4) is 22.4 Å².